The second kappa shape index (κ2) is 9.23. The summed E-state index contributed by atoms with van der Waals surface area (Å²) in [5.41, 5.74) is 0.445. The number of esters is 2. The predicted octanol–water partition coefficient (Wildman–Crippen LogP) is 5.15. The minimum Gasteiger partial charge on any atom is -0.426 e. The number of carbonyl (C=O) groups is 2. The second-order valence-electron chi connectivity index (χ2n) is 5.30. The molecule has 2 aromatic rings. The molecule has 0 saturated carbocycles. The molecule has 126 valence electrons. The van der Waals surface area contributed by atoms with Gasteiger partial charge in [-0.3, -0.25) is 4.79 Å². The lowest BCUT2D eigenvalue weighted by Crippen LogP contribution is -2.09. The summed E-state index contributed by atoms with van der Waals surface area (Å²) in [7, 11) is 0. The van der Waals surface area contributed by atoms with Gasteiger partial charge in [0.2, 0.25) is 0 Å². The number of benzene rings is 2. The standard InChI is InChI=1S/C19H19BrO4/c1-2-3-4-8-18(21)23-16-6-5-7-17(13-16)24-19(22)14-9-11-15(20)12-10-14/h5-7,9-13H,2-4,8H2,1H3. The minimum atomic E-state index is -0.464. The Morgan fingerprint density at radius 1 is 0.958 bits per heavy atom. The maximum atomic E-state index is 12.1. The van der Waals surface area contributed by atoms with Crippen LogP contribution in [-0.2, 0) is 4.79 Å². The Morgan fingerprint density at radius 3 is 2.29 bits per heavy atom. The summed E-state index contributed by atoms with van der Waals surface area (Å²) in [6.07, 6.45) is 3.25. The molecular weight excluding hydrogens is 372 g/mol. The lowest BCUT2D eigenvalue weighted by Gasteiger charge is -2.07. The molecule has 0 heterocycles. The van der Waals surface area contributed by atoms with Gasteiger partial charge in [0.25, 0.3) is 0 Å². The summed E-state index contributed by atoms with van der Waals surface area (Å²) in [6, 6.07) is 13.4. The first-order chi connectivity index (χ1) is 11.6. The quantitative estimate of drug-likeness (QED) is 0.372. The van der Waals surface area contributed by atoms with Gasteiger partial charge in [0, 0.05) is 17.0 Å². The molecule has 2 aromatic carbocycles. The Morgan fingerprint density at radius 2 is 1.62 bits per heavy atom. The van der Waals surface area contributed by atoms with E-state index in [0.29, 0.717) is 23.5 Å². The average molecular weight is 391 g/mol. The number of hydrogen-bond acceptors (Lipinski definition) is 4. The molecule has 4 nitrogen and oxygen atoms in total. The van der Waals surface area contributed by atoms with Crippen molar-refractivity contribution in [2.75, 3.05) is 0 Å². The Hall–Kier alpha value is -2.14. The van der Waals surface area contributed by atoms with Crippen molar-refractivity contribution < 1.29 is 19.1 Å². The van der Waals surface area contributed by atoms with Gasteiger partial charge in [-0.2, -0.15) is 0 Å². The zero-order valence-electron chi connectivity index (χ0n) is 13.5. The molecule has 5 heteroatoms. The lowest BCUT2D eigenvalue weighted by molar-refractivity contribution is -0.134. The maximum absolute atomic E-state index is 12.1. The maximum Gasteiger partial charge on any atom is 0.343 e. The van der Waals surface area contributed by atoms with Crippen LogP contribution in [0, 0.1) is 0 Å². The van der Waals surface area contributed by atoms with Gasteiger partial charge >= 0.3 is 11.9 Å². The molecule has 0 radical (unpaired) electrons. The van der Waals surface area contributed by atoms with E-state index >= 15 is 0 Å². The van der Waals surface area contributed by atoms with Crippen LogP contribution in [0.1, 0.15) is 43.0 Å². The number of carbonyl (C=O) groups excluding carboxylic acids is 2. The highest BCUT2D eigenvalue weighted by Crippen LogP contribution is 2.21. The number of halogens is 1. The van der Waals surface area contributed by atoms with E-state index < -0.39 is 5.97 Å². The van der Waals surface area contributed by atoms with Crippen molar-refractivity contribution in [2.45, 2.75) is 32.6 Å². The summed E-state index contributed by atoms with van der Waals surface area (Å²) in [5.74, 6) is -0.0341. The van der Waals surface area contributed by atoms with Crippen LogP contribution < -0.4 is 9.47 Å². The monoisotopic (exact) mass is 390 g/mol. The molecule has 0 aliphatic heterocycles. The fourth-order valence-electron chi connectivity index (χ4n) is 2.05. The molecule has 0 saturated heterocycles. The molecule has 0 bridgehead atoms. The first-order valence-electron chi connectivity index (χ1n) is 7.87. The predicted molar refractivity (Wildman–Crippen MR) is 95.3 cm³/mol. The van der Waals surface area contributed by atoms with Gasteiger partial charge in [0.15, 0.2) is 0 Å². The molecule has 0 spiro atoms. The Bertz CT molecular complexity index is 695. The van der Waals surface area contributed by atoms with Crippen LogP contribution in [0.15, 0.2) is 53.0 Å². The van der Waals surface area contributed by atoms with E-state index in [4.69, 9.17) is 9.47 Å². The minimum absolute atomic E-state index is 0.278. The Balaban J connectivity index is 1.95. The second-order valence-corrected chi connectivity index (χ2v) is 6.22. The summed E-state index contributed by atoms with van der Waals surface area (Å²) in [4.78, 5) is 23.8. The number of hydrogen-bond donors (Lipinski definition) is 0. The summed E-state index contributed by atoms with van der Waals surface area (Å²) >= 11 is 3.32. The van der Waals surface area contributed by atoms with Gasteiger partial charge < -0.3 is 9.47 Å². The third-order valence-corrected chi connectivity index (χ3v) is 3.84. The van der Waals surface area contributed by atoms with Gasteiger partial charge in [0.1, 0.15) is 11.5 Å². The van der Waals surface area contributed by atoms with Crippen LogP contribution >= 0.6 is 15.9 Å². The Labute approximate surface area is 149 Å². The number of unbranched alkanes of at least 4 members (excludes halogenated alkanes) is 2. The van der Waals surface area contributed by atoms with Crippen LogP contribution in [-0.4, -0.2) is 11.9 Å². The van der Waals surface area contributed by atoms with Crippen molar-refractivity contribution in [3.05, 3.63) is 58.6 Å². The summed E-state index contributed by atoms with van der Waals surface area (Å²) in [5, 5.41) is 0. The largest absolute Gasteiger partial charge is 0.426 e. The first-order valence-corrected chi connectivity index (χ1v) is 8.66. The molecule has 0 atom stereocenters. The van der Waals surface area contributed by atoms with Crippen LogP contribution in [0.2, 0.25) is 0 Å². The smallest absolute Gasteiger partial charge is 0.343 e. The molecule has 0 aliphatic carbocycles. The number of rotatable bonds is 7. The highest BCUT2D eigenvalue weighted by atomic mass is 79.9. The van der Waals surface area contributed by atoms with E-state index in [0.717, 1.165) is 23.7 Å². The molecule has 0 aliphatic rings. The van der Waals surface area contributed by atoms with Crippen molar-refractivity contribution in [2.24, 2.45) is 0 Å². The zero-order valence-corrected chi connectivity index (χ0v) is 15.0. The van der Waals surface area contributed by atoms with Crippen LogP contribution in [0.4, 0.5) is 0 Å². The normalized spacial score (nSPS) is 10.2. The van der Waals surface area contributed by atoms with Crippen LogP contribution in [0.5, 0.6) is 11.5 Å². The van der Waals surface area contributed by atoms with Crippen LogP contribution in [0.25, 0.3) is 0 Å². The topological polar surface area (TPSA) is 52.6 Å². The zero-order chi connectivity index (χ0) is 17.4. The van der Waals surface area contributed by atoms with Gasteiger partial charge in [-0.25, -0.2) is 4.79 Å². The summed E-state index contributed by atoms with van der Waals surface area (Å²) in [6.45, 7) is 2.08. The third kappa shape index (κ3) is 5.81. The highest BCUT2D eigenvalue weighted by molar-refractivity contribution is 9.10. The van der Waals surface area contributed by atoms with E-state index in [1.54, 1.807) is 42.5 Å². The molecule has 0 N–H and O–H groups in total. The van der Waals surface area contributed by atoms with E-state index in [1.807, 2.05) is 0 Å². The molecular formula is C19H19BrO4. The molecule has 0 unspecified atom stereocenters. The van der Waals surface area contributed by atoms with Crippen LogP contribution in [0.3, 0.4) is 0 Å². The molecule has 0 amide bonds. The molecule has 0 aromatic heterocycles. The van der Waals surface area contributed by atoms with E-state index in [-0.39, 0.29) is 5.97 Å². The van der Waals surface area contributed by atoms with Crippen molar-refractivity contribution in [1.82, 2.24) is 0 Å². The summed E-state index contributed by atoms with van der Waals surface area (Å²) < 4.78 is 11.5. The number of ether oxygens (including phenoxy) is 2. The van der Waals surface area contributed by atoms with Crippen molar-refractivity contribution in [3.63, 3.8) is 0 Å². The molecule has 2 rings (SSSR count). The van der Waals surface area contributed by atoms with Gasteiger partial charge in [-0.15, -0.1) is 0 Å². The fraction of sp³-hybridized carbons (Fsp3) is 0.263. The molecule has 0 fully saturated rings. The van der Waals surface area contributed by atoms with Gasteiger partial charge in [-0.05, 0) is 42.8 Å². The van der Waals surface area contributed by atoms with Crippen molar-refractivity contribution in [3.8, 4) is 11.5 Å². The highest BCUT2D eigenvalue weighted by Gasteiger charge is 2.10. The fourth-order valence-corrected chi connectivity index (χ4v) is 2.32. The lowest BCUT2D eigenvalue weighted by atomic mass is 10.2. The van der Waals surface area contributed by atoms with Crippen molar-refractivity contribution >= 4 is 27.9 Å². The van der Waals surface area contributed by atoms with Crippen molar-refractivity contribution in [1.29, 1.82) is 0 Å². The van der Waals surface area contributed by atoms with E-state index in [1.165, 1.54) is 6.07 Å². The average Bonchev–Trinajstić information content (AvgIpc) is 2.56. The van der Waals surface area contributed by atoms with E-state index in [9.17, 15) is 9.59 Å². The van der Waals surface area contributed by atoms with E-state index in [2.05, 4.69) is 22.9 Å². The third-order valence-electron chi connectivity index (χ3n) is 3.31. The first kappa shape index (κ1) is 18.2. The SMILES string of the molecule is CCCCCC(=O)Oc1cccc(OC(=O)c2ccc(Br)cc2)c1. The Kier molecular flexibility index (Phi) is 7.00. The van der Waals surface area contributed by atoms with Gasteiger partial charge in [0.05, 0.1) is 5.56 Å². The molecule has 24 heavy (non-hydrogen) atoms. The van der Waals surface area contributed by atoms with Gasteiger partial charge in [-0.1, -0.05) is 41.8 Å².